The fourth-order valence-corrected chi connectivity index (χ4v) is 7.60. The number of hydrogen-bond donors (Lipinski definition) is 0. The predicted octanol–water partition coefficient (Wildman–Crippen LogP) is 14.3. The molecule has 0 spiro atoms. The molecule has 60 heavy (non-hydrogen) atoms. The third kappa shape index (κ3) is 7.78. The zero-order valence-electron chi connectivity index (χ0n) is 32.7. The molecule has 0 aliphatic carbocycles. The van der Waals surface area contributed by atoms with Crippen LogP contribution in [0.5, 0.6) is 0 Å². The molecule has 0 bridgehead atoms. The first-order valence-corrected chi connectivity index (χ1v) is 20.1. The van der Waals surface area contributed by atoms with Gasteiger partial charge in [-0.2, -0.15) is 0 Å². The average Bonchev–Trinajstić information content (AvgIpc) is 3.35. The van der Waals surface area contributed by atoms with Gasteiger partial charge in [0, 0.05) is 38.9 Å². The maximum atomic E-state index is 5.29. The van der Waals surface area contributed by atoms with Crippen molar-refractivity contribution >= 4 is 0 Å². The van der Waals surface area contributed by atoms with Gasteiger partial charge >= 0.3 is 0 Å². The third-order valence-electron chi connectivity index (χ3n) is 10.7. The van der Waals surface area contributed by atoms with Crippen LogP contribution < -0.4 is 0 Å². The van der Waals surface area contributed by atoms with Gasteiger partial charge in [0.1, 0.15) is 0 Å². The molecular formula is C56H38N4. The number of benzene rings is 7. The fraction of sp³-hybridized carbons (Fsp3) is 0. The molecule has 0 amide bonds. The molecule has 4 heteroatoms. The highest BCUT2D eigenvalue weighted by molar-refractivity contribution is 5.82. The summed E-state index contributed by atoms with van der Waals surface area (Å²) >= 11 is 0. The highest BCUT2D eigenvalue weighted by Crippen LogP contribution is 2.36. The Labute approximate surface area is 350 Å². The van der Waals surface area contributed by atoms with E-state index in [1.54, 1.807) is 0 Å². The Kier molecular flexibility index (Phi) is 9.92. The second kappa shape index (κ2) is 16.4. The molecule has 3 heterocycles. The predicted molar refractivity (Wildman–Crippen MR) is 247 cm³/mol. The molecular weight excluding hydrogens is 729 g/mol. The van der Waals surface area contributed by atoms with Gasteiger partial charge in [-0.25, -0.2) is 19.9 Å². The van der Waals surface area contributed by atoms with Gasteiger partial charge in [-0.05, 0) is 64.7 Å². The zero-order chi connectivity index (χ0) is 40.1. The summed E-state index contributed by atoms with van der Waals surface area (Å²) in [5.41, 5.74) is 16.9. The lowest BCUT2D eigenvalue weighted by Crippen LogP contribution is -1.96. The fourth-order valence-electron chi connectivity index (χ4n) is 7.60. The molecule has 10 rings (SSSR count). The van der Waals surface area contributed by atoms with Crippen molar-refractivity contribution < 1.29 is 0 Å². The second-order valence-electron chi connectivity index (χ2n) is 14.7. The summed E-state index contributed by atoms with van der Waals surface area (Å²) in [5, 5.41) is 0. The Morgan fingerprint density at radius 3 is 0.867 bits per heavy atom. The van der Waals surface area contributed by atoms with Crippen LogP contribution in [0.2, 0.25) is 0 Å². The zero-order valence-corrected chi connectivity index (χ0v) is 32.7. The Morgan fingerprint density at radius 2 is 0.450 bits per heavy atom. The van der Waals surface area contributed by atoms with Gasteiger partial charge in [0.2, 0.25) is 0 Å². The van der Waals surface area contributed by atoms with Crippen LogP contribution in [0.25, 0.3) is 101 Å². The molecule has 0 N–H and O–H groups in total. The Morgan fingerprint density at radius 1 is 0.167 bits per heavy atom. The quantitative estimate of drug-likeness (QED) is 0.147. The molecule has 0 saturated carbocycles. The van der Waals surface area contributed by atoms with Crippen molar-refractivity contribution in [2.24, 2.45) is 0 Å². The van der Waals surface area contributed by atoms with Crippen LogP contribution in [0.4, 0.5) is 0 Å². The highest BCUT2D eigenvalue weighted by Gasteiger charge is 2.15. The molecule has 0 aliphatic rings. The van der Waals surface area contributed by atoms with Gasteiger partial charge in [-0.3, -0.25) is 0 Å². The van der Waals surface area contributed by atoms with Crippen LogP contribution in [0.15, 0.2) is 231 Å². The van der Waals surface area contributed by atoms with E-state index in [-0.39, 0.29) is 0 Å². The smallest absolute Gasteiger partial charge is 0.160 e. The number of aromatic nitrogens is 4. The van der Waals surface area contributed by atoms with Crippen LogP contribution >= 0.6 is 0 Å². The molecule has 0 saturated heterocycles. The van der Waals surface area contributed by atoms with Gasteiger partial charge in [0.15, 0.2) is 5.82 Å². The van der Waals surface area contributed by atoms with Crippen molar-refractivity contribution in [1.29, 1.82) is 0 Å². The first-order chi connectivity index (χ1) is 29.7. The van der Waals surface area contributed by atoms with Crippen molar-refractivity contribution in [3.05, 3.63) is 231 Å². The summed E-state index contributed by atoms with van der Waals surface area (Å²) in [6, 6.07) is 79.7. The average molecular weight is 767 g/mol. The molecule has 0 aliphatic heterocycles. The maximum absolute atomic E-state index is 5.29. The summed E-state index contributed by atoms with van der Waals surface area (Å²) in [7, 11) is 0. The van der Waals surface area contributed by atoms with E-state index < -0.39 is 0 Å². The normalized spacial score (nSPS) is 11.0. The standard InChI is InChI=1S/C56H38N4/c1-6-18-39(19-7-1)48-34-50(40-20-8-2-9-21-40)57-52(35-48)45-29-17-30-46(33-45)53-37-49(36-51(58-53)41-22-10-3-11-23-41)44-28-16-31-47(32-44)56-59-54(42-24-12-4-13-25-42)38-55(60-56)43-26-14-5-15-27-43/h1-38H. The SMILES string of the molecule is c1ccc(-c2cc(-c3ccccc3)nc(-c3cccc(-c4cc(-c5cccc(-c6nc(-c7ccccc7)cc(-c7ccccc7)n6)c5)cc(-c5ccccc5)n4)c3)c2)cc1. The summed E-state index contributed by atoms with van der Waals surface area (Å²) in [4.78, 5) is 20.8. The molecule has 4 nitrogen and oxygen atoms in total. The van der Waals surface area contributed by atoms with Crippen molar-refractivity contribution in [3.63, 3.8) is 0 Å². The van der Waals surface area contributed by atoms with Gasteiger partial charge < -0.3 is 0 Å². The van der Waals surface area contributed by atoms with Crippen LogP contribution in [-0.2, 0) is 0 Å². The van der Waals surface area contributed by atoms with Gasteiger partial charge in [0.25, 0.3) is 0 Å². The van der Waals surface area contributed by atoms with E-state index in [1.807, 2.05) is 54.6 Å². The Bertz CT molecular complexity index is 2760. The summed E-state index contributed by atoms with van der Waals surface area (Å²) in [5.74, 6) is 0.669. The summed E-state index contributed by atoms with van der Waals surface area (Å²) in [6.45, 7) is 0. The number of pyridine rings is 2. The monoisotopic (exact) mass is 766 g/mol. The van der Waals surface area contributed by atoms with E-state index in [1.165, 1.54) is 0 Å². The molecule has 282 valence electrons. The largest absolute Gasteiger partial charge is 0.248 e. The van der Waals surface area contributed by atoms with E-state index in [0.29, 0.717) is 5.82 Å². The lowest BCUT2D eigenvalue weighted by atomic mass is 9.96. The minimum atomic E-state index is 0.669. The van der Waals surface area contributed by atoms with Crippen LogP contribution in [0, 0.1) is 0 Å². The lowest BCUT2D eigenvalue weighted by molar-refractivity contribution is 1.18. The van der Waals surface area contributed by atoms with Crippen molar-refractivity contribution in [2.45, 2.75) is 0 Å². The highest BCUT2D eigenvalue weighted by atomic mass is 14.9. The van der Waals surface area contributed by atoms with Gasteiger partial charge in [-0.1, -0.05) is 188 Å². The van der Waals surface area contributed by atoms with E-state index in [0.717, 1.165) is 95.4 Å². The maximum Gasteiger partial charge on any atom is 0.160 e. The first-order valence-electron chi connectivity index (χ1n) is 20.1. The molecule has 0 unspecified atom stereocenters. The molecule has 10 aromatic rings. The Balaban J connectivity index is 1.09. The van der Waals surface area contributed by atoms with Crippen molar-refractivity contribution in [1.82, 2.24) is 19.9 Å². The lowest BCUT2D eigenvalue weighted by Gasteiger charge is -2.13. The minimum absolute atomic E-state index is 0.669. The van der Waals surface area contributed by atoms with E-state index in [2.05, 4.69) is 176 Å². The summed E-state index contributed by atoms with van der Waals surface area (Å²) in [6.07, 6.45) is 0. The number of rotatable bonds is 9. The van der Waals surface area contributed by atoms with Crippen LogP contribution in [-0.4, -0.2) is 19.9 Å². The van der Waals surface area contributed by atoms with E-state index in [4.69, 9.17) is 19.9 Å². The van der Waals surface area contributed by atoms with Crippen molar-refractivity contribution in [2.75, 3.05) is 0 Å². The van der Waals surface area contributed by atoms with Crippen molar-refractivity contribution in [3.8, 4) is 101 Å². The summed E-state index contributed by atoms with van der Waals surface area (Å²) < 4.78 is 0. The Hall–Kier alpha value is -8.08. The van der Waals surface area contributed by atoms with Gasteiger partial charge in [-0.15, -0.1) is 0 Å². The van der Waals surface area contributed by atoms with Crippen LogP contribution in [0.1, 0.15) is 0 Å². The molecule has 0 fully saturated rings. The second-order valence-corrected chi connectivity index (χ2v) is 14.7. The van der Waals surface area contributed by atoms with Crippen LogP contribution in [0.3, 0.4) is 0 Å². The molecule has 0 atom stereocenters. The van der Waals surface area contributed by atoms with E-state index in [9.17, 15) is 0 Å². The number of nitrogens with zero attached hydrogens (tertiary/aromatic N) is 4. The molecule has 0 radical (unpaired) electrons. The first kappa shape index (κ1) is 36.3. The third-order valence-corrected chi connectivity index (χ3v) is 10.7. The minimum Gasteiger partial charge on any atom is -0.248 e. The molecule has 7 aromatic carbocycles. The van der Waals surface area contributed by atoms with E-state index >= 15 is 0 Å². The molecule has 3 aromatic heterocycles. The van der Waals surface area contributed by atoms with Gasteiger partial charge in [0.05, 0.1) is 34.2 Å². The number of hydrogen-bond acceptors (Lipinski definition) is 4. The topological polar surface area (TPSA) is 51.6 Å².